The number of ether oxygens (including phenoxy) is 1. The number of nitrogens with one attached hydrogen (secondary N) is 1. The van der Waals surface area contributed by atoms with Gasteiger partial charge in [-0.15, -0.1) is 0 Å². The van der Waals surface area contributed by atoms with Crippen molar-refractivity contribution in [3.63, 3.8) is 0 Å². The zero-order valence-corrected chi connectivity index (χ0v) is 17.4. The second kappa shape index (κ2) is 8.25. The summed E-state index contributed by atoms with van der Waals surface area (Å²) in [5, 5.41) is 0. The molecular weight excluding hydrogens is 426 g/mol. The second-order valence-electron chi connectivity index (χ2n) is 6.17. The van der Waals surface area contributed by atoms with Gasteiger partial charge >= 0.3 is 0 Å². The van der Waals surface area contributed by atoms with Gasteiger partial charge in [0.15, 0.2) is 0 Å². The fourth-order valence-electron chi connectivity index (χ4n) is 2.90. The number of hydrogen-bond acceptors (Lipinski definition) is 3. The highest BCUT2D eigenvalue weighted by atomic mass is 79.9. The third-order valence-electron chi connectivity index (χ3n) is 4.20. The van der Waals surface area contributed by atoms with E-state index in [0.29, 0.717) is 10.2 Å². The summed E-state index contributed by atoms with van der Waals surface area (Å²) in [4.78, 5) is 0.0907. The summed E-state index contributed by atoms with van der Waals surface area (Å²) >= 11 is 3.34. The third-order valence-corrected chi connectivity index (χ3v) is 6.13. The molecule has 0 bridgehead atoms. The number of methoxy groups -OCH3 is 1. The zero-order chi connectivity index (χ0) is 19.4. The van der Waals surface area contributed by atoms with Gasteiger partial charge in [-0.2, -0.15) is 4.72 Å². The van der Waals surface area contributed by atoms with E-state index in [-0.39, 0.29) is 4.90 Å². The standard InChI is InChI=1S/C21H20BrNO3S/c1-15-7-6-10-17(13-15)21(16-8-4-3-5-9-16)23-27(24,25)20-14-18(22)11-12-19(20)26-2/h3-14,21,23H,1-2H3. The summed E-state index contributed by atoms with van der Waals surface area (Å²) in [6.07, 6.45) is 0. The number of halogens is 1. The average Bonchev–Trinajstić information content (AvgIpc) is 2.67. The van der Waals surface area contributed by atoms with E-state index < -0.39 is 16.1 Å². The number of benzene rings is 3. The molecule has 0 saturated carbocycles. The molecule has 0 spiro atoms. The molecule has 4 nitrogen and oxygen atoms in total. The quantitative estimate of drug-likeness (QED) is 0.590. The Morgan fingerprint density at radius 2 is 1.63 bits per heavy atom. The van der Waals surface area contributed by atoms with Crippen LogP contribution in [0.3, 0.4) is 0 Å². The minimum Gasteiger partial charge on any atom is -0.495 e. The topological polar surface area (TPSA) is 55.4 Å². The first-order chi connectivity index (χ1) is 12.9. The zero-order valence-electron chi connectivity index (χ0n) is 15.0. The lowest BCUT2D eigenvalue weighted by Gasteiger charge is -2.21. The summed E-state index contributed by atoms with van der Waals surface area (Å²) < 4.78 is 35.2. The van der Waals surface area contributed by atoms with Crippen molar-refractivity contribution in [3.05, 3.63) is 94.0 Å². The van der Waals surface area contributed by atoms with Gasteiger partial charge in [-0.1, -0.05) is 76.1 Å². The highest BCUT2D eigenvalue weighted by Crippen LogP contribution is 2.30. The highest BCUT2D eigenvalue weighted by molar-refractivity contribution is 9.10. The second-order valence-corrected chi connectivity index (χ2v) is 8.77. The number of rotatable bonds is 6. The Morgan fingerprint density at radius 1 is 0.926 bits per heavy atom. The van der Waals surface area contributed by atoms with Crippen LogP contribution >= 0.6 is 15.9 Å². The Bertz CT molecular complexity index is 1040. The molecule has 1 N–H and O–H groups in total. The lowest BCUT2D eigenvalue weighted by atomic mass is 9.98. The van der Waals surface area contributed by atoms with Gasteiger partial charge in [0.1, 0.15) is 10.6 Å². The Labute approximate surface area is 168 Å². The minimum atomic E-state index is -3.84. The maximum Gasteiger partial charge on any atom is 0.245 e. The SMILES string of the molecule is COc1ccc(Br)cc1S(=O)(=O)NC(c1ccccc1)c1cccc(C)c1. The van der Waals surface area contributed by atoms with Crippen molar-refractivity contribution in [1.82, 2.24) is 4.72 Å². The Hall–Kier alpha value is -2.15. The minimum absolute atomic E-state index is 0.0907. The molecule has 3 rings (SSSR count). The van der Waals surface area contributed by atoms with Crippen molar-refractivity contribution in [2.75, 3.05) is 7.11 Å². The monoisotopic (exact) mass is 445 g/mol. The third kappa shape index (κ3) is 4.58. The van der Waals surface area contributed by atoms with E-state index >= 15 is 0 Å². The molecule has 0 amide bonds. The van der Waals surface area contributed by atoms with Gasteiger partial charge in [0.05, 0.1) is 13.2 Å². The predicted molar refractivity (Wildman–Crippen MR) is 110 cm³/mol. The van der Waals surface area contributed by atoms with Gasteiger partial charge < -0.3 is 4.74 Å². The van der Waals surface area contributed by atoms with Crippen molar-refractivity contribution in [1.29, 1.82) is 0 Å². The van der Waals surface area contributed by atoms with E-state index in [2.05, 4.69) is 20.7 Å². The summed E-state index contributed by atoms with van der Waals surface area (Å²) in [6.45, 7) is 1.98. The first kappa shape index (κ1) is 19.6. The average molecular weight is 446 g/mol. The van der Waals surface area contributed by atoms with Crippen molar-refractivity contribution in [2.45, 2.75) is 17.9 Å². The smallest absolute Gasteiger partial charge is 0.245 e. The van der Waals surface area contributed by atoms with Gasteiger partial charge in [0.25, 0.3) is 0 Å². The van der Waals surface area contributed by atoms with E-state index in [0.717, 1.165) is 16.7 Å². The fraction of sp³-hybridized carbons (Fsp3) is 0.143. The molecule has 0 fully saturated rings. The lowest BCUT2D eigenvalue weighted by molar-refractivity contribution is 0.402. The van der Waals surface area contributed by atoms with Crippen LogP contribution in [0.4, 0.5) is 0 Å². The number of hydrogen-bond donors (Lipinski definition) is 1. The Balaban J connectivity index is 2.08. The molecule has 0 saturated heterocycles. The molecular formula is C21H20BrNO3S. The molecule has 27 heavy (non-hydrogen) atoms. The van der Waals surface area contributed by atoms with Crippen LogP contribution in [0.2, 0.25) is 0 Å². The summed E-state index contributed by atoms with van der Waals surface area (Å²) in [7, 11) is -2.38. The molecule has 3 aromatic carbocycles. The van der Waals surface area contributed by atoms with Crippen LogP contribution in [0, 0.1) is 6.92 Å². The molecule has 3 aromatic rings. The molecule has 140 valence electrons. The molecule has 0 aliphatic rings. The van der Waals surface area contributed by atoms with Crippen LogP contribution in [-0.2, 0) is 10.0 Å². The van der Waals surface area contributed by atoms with Gasteiger partial charge in [-0.05, 0) is 36.2 Å². The van der Waals surface area contributed by atoms with Crippen LogP contribution in [0.15, 0.2) is 82.2 Å². The molecule has 0 heterocycles. The summed E-state index contributed by atoms with van der Waals surface area (Å²) in [6, 6.07) is 21.7. The largest absolute Gasteiger partial charge is 0.495 e. The predicted octanol–water partition coefficient (Wildman–Crippen LogP) is 4.83. The highest BCUT2D eigenvalue weighted by Gasteiger charge is 2.26. The first-order valence-electron chi connectivity index (χ1n) is 8.38. The fourth-order valence-corrected chi connectivity index (χ4v) is 4.82. The van der Waals surface area contributed by atoms with Crippen LogP contribution in [0.1, 0.15) is 22.7 Å². The molecule has 1 atom stereocenters. The Kier molecular flexibility index (Phi) is 5.99. The van der Waals surface area contributed by atoms with Gasteiger partial charge in [-0.3, -0.25) is 0 Å². The number of sulfonamides is 1. The van der Waals surface area contributed by atoms with Crippen molar-refractivity contribution in [3.8, 4) is 5.75 Å². The van der Waals surface area contributed by atoms with Crippen LogP contribution in [-0.4, -0.2) is 15.5 Å². The molecule has 0 aromatic heterocycles. The maximum atomic E-state index is 13.2. The van der Waals surface area contributed by atoms with E-state index in [1.54, 1.807) is 18.2 Å². The summed E-state index contributed by atoms with van der Waals surface area (Å²) in [5.41, 5.74) is 2.80. The molecule has 0 aliphatic heterocycles. The van der Waals surface area contributed by atoms with Crippen molar-refractivity contribution < 1.29 is 13.2 Å². The Morgan fingerprint density at radius 3 is 2.30 bits per heavy atom. The van der Waals surface area contributed by atoms with Gasteiger partial charge in [0.2, 0.25) is 10.0 Å². The van der Waals surface area contributed by atoms with Crippen molar-refractivity contribution in [2.24, 2.45) is 0 Å². The van der Waals surface area contributed by atoms with Crippen LogP contribution in [0.5, 0.6) is 5.75 Å². The van der Waals surface area contributed by atoms with E-state index in [1.165, 1.54) is 7.11 Å². The van der Waals surface area contributed by atoms with E-state index in [1.807, 2.05) is 61.5 Å². The van der Waals surface area contributed by atoms with Gasteiger partial charge in [0, 0.05) is 4.47 Å². The number of aryl methyl sites for hydroxylation is 1. The summed E-state index contributed by atoms with van der Waals surface area (Å²) in [5.74, 6) is 0.293. The van der Waals surface area contributed by atoms with Crippen LogP contribution in [0.25, 0.3) is 0 Å². The molecule has 6 heteroatoms. The molecule has 0 radical (unpaired) electrons. The van der Waals surface area contributed by atoms with E-state index in [9.17, 15) is 8.42 Å². The first-order valence-corrected chi connectivity index (χ1v) is 10.7. The van der Waals surface area contributed by atoms with Crippen LogP contribution < -0.4 is 9.46 Å². The lowest BCUT2D eigenvalue weighted by Crippen LogP contribution is -2.29. The maximum absolute atomic E-state index is 13.2. The van der Waals surface area contributed by atoms with E-state index in [4.69, 9.17) is 4.74 Å². The van der Waals surface area contributed by atoms with Gasteiger partial charge in [-0.25, -0.2) is 8.42 Å². The molecule has 1 unspecified atom stereocenters. The van der Waals surface area contributed by atoms with Crippen molar-refractivity contribution >= 4 is 26.0 Å². The normalized spacial score (nSPS) is 12.6. The molecule has 0 aliphatic carbocycles.